The number of hydrogen-bond donors (Lipinski definition) is 1. The molecule has 1 aliphatic heterocycles. The minimum absolute atomic E-state index is 0.0479. The fraction of sp³-hybridized carbons (Fsp3) is 0.400. The van der Waals surface area contributed by atoms with Crippen molar-refractivity contribution in [3.63, 3.8) is 0 Å². The summed E-state index contributed by atoms with van der Waals surface area (Å²) in [5, 5.41) is 4.21. The molecule has 1 fully saturated rings. The van der Waals surface area contributed by atoms with Gasteiger partial charge in [0.1, 0.15) is 11.1 Å². The van der Waals surface area contributed by atoms with Crippen LogP contribution in [-0.2, 0) is 14.8 Å². The molecule has 0 bridgehead atoms. The van der Waals surface area contributed by atoms with Gasteiger partial charge >= 0.3 is 0 Å². The van der Waals surface area contributed by atoms with Crippen LogP contribution in [0.2, 0.25) is 0 Å². The first-order valence-corrected chi connectivity index (χ1v) is 7.63. The van der Waals surface area contributed by atoms with E-state index < -0.39 is 15.3 Å². The number of primary sulfonamides is 1. The number of amides is 1. The summed E-state index contributed by atoms with van der Waals surface area (Å²) in [5.74, 6) is 0.142. The van der Waals surface area contributed by atoms with Gasteiger partial charge in [0.05, 0.1) is 4.47 Å². The van der Waals surface area contributed by atoms with E-state index in [9.17, 15) is 13.2 Å². The molecule has 0 aliphatic carbocycles. The number of nitrogens with zero attached hydrogens (tertiary/aromatic N) is 2. The topological polar surface area (TPSA) is 93.4 Å². The number of anilines is 1. The molecular formula is C10H12BrN3O3S. The standard InChI is InChI=1S/C10H12BrN3O3S/c1-6-2-8(11)10(13-4-6)14-5-7(3-9(14)15)18(12,16)17/h2,4,7H,3,5H2,1H3,(H2,12,16,17). The van der Waals surface area contributed by atoms with Gasteiger partial charge in [-0.1, -0.05) is 0 Å². The zero-order valence-electron chi connectivity index (χ0n) is 9.63. The first kappa shape index (κ1) is 13.4. The van der Waals surface area contributed by atoms with E-state index in [-0.39, 0.29) is 18.9 Å². The van der Waals surface area contributed by atoms with E-state index in [0.29, 0.717) is 10.3 Å². The second-order valence-corrected chi connectivity index (χ2v) is 6.94. The summed E-state index contributed by atoms with van der Waals surface area (Å²) in [6.45, 7) is 1.92. The SMILES string of the molecule is Cc1cnc(N2CC(S(N)(=O)=O)CC2=O)c(Br)c1. The van der Waals surface area contributed by atoms with Crippen LogP contribution in [0.3, 0.4) is 0 Å². The Labute approximate surface area is 113 Å². The second-order valence-electron chi connectivity index (χ2n) is 4.24. The molecule has 0 spiro atoms. The van der Waals surface area contributed by atoms with Crippen LogP contribution >= 0.6 is 15.9 Å². The molecule has 0 radical (unpaired) electrons. The lowest BCUT2D eigenvalue weighted by molar-refractivity contribution is -0.117. The molecule has 2 heterocycles. The van der Waals surface area contributed by atoms with E-state index in [1.807, 2.05) is 13.0 Å². The predicted octanol–water partition coefficient (Wildman–Crippen LogP) is 0.546. The Morgan fingerprint density at radius 1 is 1.56 bits per heavy atom. The highest BCUT2D eigenvalue weighted by Crippen LogP contribution is 2.29. The van der Waals surface area contributed by atoms with E-state index in [1.165, 1.54) is 4.90 Å². The number of sulfonamides is 1. The number of hydrogen-bond acceptors (Lipinski definition) is 4. The van der Waals surface area contributed by atoms with Crippen LogP contribution in [-0.4, -0.2) is 31.1 Å². The number of rotatable bonds is 2. The van der Waals surface area contributed by atoms with Gasteiger partial charge in [0, 0.05) is 19.2 Å². The lowest BCUT2D eigenvalue weighted by Crippen LogP contribution is -2.32. The summed E-state index contributed by atoms with van der Waals surface area (Å²) >= 11 is 3.32. The average molecular weight is 334 g/mol. The van der Waals surface area contributed by atoms with Gasteiger partial charge in [-0.05, 0) is 34.5 Å². The summed E-state index contributed by atoms with van der Waals surface area (Å²) in [7, 11) is -3.70. The highest BCUT2D eigenvalue weighted by Gasteiger charge is 2.38. The molecular weight excluding hydrogens is 322 g/mol. The van der Waals surface area contributed by atoms with Crippen molar-refractivity contribution in [2.45, 2.75) is 18.6 Å². The van der Waals surface area contributed by atoms with Crippen LogP contribution in [0.1, 0.15) is 12.0 Å². The van der Waals surface area contributed by atoms with Gasteiger partial charge in [0.25, 0.3) is 0 Å². The Balaban J connectivity index is 2.33. The first-order chi connectivity index (χ1) is 8.29. The number of aryl methyl sites for hydroxylation is 1. The molecule has 8 heteroatoms. The number of nitrogens with two attached hydrogens (primary N) is 1. The lowest BCUT2D eigenvalue weighted by atomic mass is 10.3. The monoisotopic (exact) mass is 333 g/mol. The van der Waals surface area contributed by atoms with Gasteiger partial charge in [-0.25, -0.2) is 18.5 Å². The zero-order chi connectivity index (χ0) is 13.5. The van der Waals surface area contributed by atoms with Crippen LogP contribution in [0.5, 0.6) is 0 Å². The van der Waals surface area contributed by atoms with Crippen LogP contribution in [0.25, 0.3) is 0 Å². The smallest absolute Gasteiger partial charge is 0.229 e. The average Bonchev–Trinajstić information content (AvgIpc) is 2.60. The Morgan fingerprint density at radius 3 is 2.72 bits per heavy atom. The van der Waals surface area contributed by atoms with Crippen molar-refractivity contribution >= 4 is 37.7 Å². The maximum Gasteiger partial charge on any atom is 0.229 e. The largest absolute Gasteiger partial charge is 0.294 e. The Bertz CT molecular complexity index is 602. The molecule has 1 saturated heterocycles. The maximum atomic E-state index is 11.8. The van der Waals surface area contributed by atoms with Crippen molar-refractivity contribution in [2.75, 3.05) is 11.4 Å². The Kier molecular flexibility index (Phi) is 3.43. The van der Waals surface area contributed by atoms with Gasteiger partial charge in [-0.15, -0.1) is 0 Å². The molecule has 6 nitrogen and oxygen atoms in total. The highest BCUT2D eigenvalue weighted by molar-refractivity contribution is 9.10. The number of carbonyl (C=O) groups is 1. The predicted molar refractivity (Wildman–Crippen MR) is 70.5 cm³/mol. The van der Waals surface area contributed by atoms with E-state index in [4.69, 9.17) is 5.14 Å². The van der Waals surface area contributed by atoms with Crippen LogP contribution in [0.4, 0.5) is 5.82 Å². The van der Waals surface area contributed by atoms with E-state index in [2.05, 4.69) is 20.9 Å². The normalized spacial score (nSPS) is 20.5. The number of aromatic nitrogens is 1. The van der Waals surface area contributed by atoms with Crippen LogP contribution in [0.15, 0.2) is 16.7 Å². The molecule has 2 N–H and O–H groups in total. The van der Waals surface area contributed by atoms with Crippen LogP contribution < -0.4 is 10.0 Å². The fourth-order valence-electron chi connectivity index (χ4n) is 1.82. The quantitative estimate of drug-likeness (QED) is 0.854. The zero-order valence-corrected chi connectivity index (χ0v) is 12.0. The molecule has 2 rings (SSSR count). The Morgan fingerprint density at radius 2 is 2.22 bits per heavy atom. The van der Waals surface area contributed by atoms with Crippen molar-refractivity contribution in [3.05, 3.63) is 22.3 Å². The second kappa shape index (κ2) is 4.60. The third kappa shape index (κ3) is 2.55. The van der Waals surface area contributed by atoms with Crippen molar-refractivity contribution < 1.29 is 13.2 Å². The van der Waals surface area contributed by atoms with E-state index >= 15 is 0 Å². The number of halogens is 1. The summed E-state index contributed by atoms with van der Waals surface area (Å²) in [5.41, 5.74) is 0.945. The molecule has 1 atom stereocenters. The van der Waals surface area contributed by atoms with Crippen LogP contribution in [0, 0.1) is 6.92 Å². The fourth-order valence-corrected chi connectivity index (χ4v) is 3.23. The lowest BCUT2D eigenvalue weighted by Gasteiger charge is -2.16. The molecule has 1 aromatic heterocycles. The summed E-state index contributed by atoms with van der Waals surface area (Å²) in [6.07, 6.45) is 1.53. The molecule has 0 saturated carbocycles. The van der Waals surface area contributed by atoms with E-state index in [0.717, 1.165) is 5.56 Å². The minimum Gasteiger partial charge on any atom is -0.294 e. The molecule has 1 aromatic rings. The molecule has 1 aliphatic rings. The van der Waals surface area contributed by atoms with Crippen molar-refractivity contribution in [3.8, 4) is 0 Å². The van der Waals surface area contributed by atoms with Gasteiger partial charge in [0.15, 0.2) is 0 Å². The van der Waals surface area contributed by atoms with Gasteiger partial charge in [0.2, 0.25) is 15.9 Å². The van der Waals surface area contributed by atoms with E-state index in [1.54, 1.807) is 6.20 Å². The summed E-state index contributed by atoms with van der Waals surface area (Å²) in [4.78, 5) is 17.3. The molecule has 1 amide bonds. The van der Waals surface area contributed by atoms with Crippen molar-refractivity contribution in [1.82, 2.24) is 4.98 Å². The molecule has 0 aromatic carbocycles. The first-order valence-electron chi connectivity index (χ1n) is 5.23. The number of pyridine rings is 1. The highest BCUT2D eigenvalue weighted by atomic mass is 79.9. The Hall–Kier alpha value is -0.990. The van der Waals surface area contributed by atoms with Gasteiger partial charge in [-0.2, -0.15) is 0 Å². The van der Waals surface area contributed by atoms with Crippen molar-refractivity contribution in [2.24, 2.45) is 5.14 Å². The minimum atomic E-state index is -3.70. The number of carbonyl (C=O) groups excluding carboxylic acids is 1. The summed E-state index contributed by atoms with van der Waals surface area (Å²) < 4.78 is 23.2. The molecule has 1 unspecified atom stereocenters. The van der Waals surface area contributed by atoms with Gasteiger partial charge in [-0.3, -0.25) is 9.69 Å². The third-order valence-corrected chi connectivity index (χ3v) is 4.60. The van der Waals surface area contributed by atoms with Gasteiger partial charge < -0.3 is 0 Å². The summed E-state index contributed by atoms with van der Waals surface area (Å²) in [6, 6.07) is 1.82. The van der Waals surface area contributed by atoms with Crippen molar-refractivity contribution in [1.29, 1.82) is 0 Å². The third-order valence-electron chi connectivity index (χ3n) is 2.77. The molecule has 18 heavy (non-hydrogen) atoms. The maximum absolute atomic E-state index is 11.8. The molecule has 98 valence electrons.